The summed E-state index contributed by atoms with van der Waals surface area (Å²) in [6.45, 7) is 4.86. The third kappa shape index (κ3) is 2.12. The van der Waals surface area contributed by atoms with Crippen LogP contribution < -0.4 is 5.32 Å². The van der Waals surface area contributed by atoms with Crippen molar-refractivity contribution in [2.24, 2.45) is 11.8 Å². The zero-order chi connectivity index (χ0) is 10.7. The molecular weight excluding hydrogens is 188 g/mol. The molecule has 1 N–H and O–H groups in total. The molecule has 0 aromatic heterocycles. The van der Waals surface area contributed by atoms with E-state index in [1.807, 2.05) is 4.90 Å². The molecule has 82 valence electrons. The highest BCUT2D eigenvalue weighted by atomic mass is 16.1. The first-order valence-corrected chi connectivity index (χ1v) is 5.59. The smallest absolute Gasteiger partial charge is 0.210 e. The minimum Gasteiger partial charge on any atom is -0.339 e. The summed E-state index contributed by atoms with van der Waals surface area (Å²) < 4.78 is 0. The van der Waals surface area contributed by atoms with Crippen molar-refractivity contribution in [3.8, 4) is 0 Å². The Labute approximate surface area is 90.8 Å². The van der Waals surface area contributed by atoms with Crippen molar-refractivity contribution in [1.82, 2.24) is 10.2 Å². The highest BCUT2D eigenvalue weighted by molar-refractivity contribution is 5.48. The van der Waals surface area contributed by atoms with Gasteiger partial charge in [-0.3, -0.25) is 4.79 Å². The quantitative estimate of drug-likeness (QED) is 0.678. The van der Waals surface area contributed by atoms with Crippen LogP contribution in [0, 0.1) is 11.8 Å². The third-order valence-electron chi connectivity index (χ3n) is 3.37. The van der Waals surface area contributed by atoms with Gasteiger partial charge in [0.2, 0.25) is 6.41 Å². The van der Waals surface area contributed by atoms with Crippen molar-refractivity contribution in [2.45, 2.75) is 13.0 Å². The second-order valence-electron chi connectivity index (χ2n) is 4.32. The average molecular weight is 206 g/mol. The normalized spacial score (nSPS) is 35.5. The molecule has 1 saturated heterocycles. The first-order chi connectivity index (χ1) is 7.33. The third-order valence-corrected chi connectivity index (χ3v) is 3.37. The van der Waals surface area contributed by atoms with E-state index in [1.165, 1.54) is 0 Å². The minimum absolute atomic E-state index is 0.312. The fourth-order valence-electron chi connectivity index (χ4n) is 2.44. The molecule has 3 atom stereocenters. The van der Waals surface area contributed by atoms with Crippen molar-refractivity contribution < 1.29 is 4.79 Å². The molecule has 0 bridgehead atoms. The molecule has 1 aliphatic heterocycles. The Balaban J connectivity index is 2.10. The van der Waals surface area contributed by atoms with Gasteiger partial charge in [-0.25, -0.2) is 0 Å². The Morgan fingerprint density at radius 3 is 2.93 bits per heavy atom. The molecule has 1 amide bonds. The van der Waals surface area contributed by atoms with Gasteiger partial charge in [-0.1, -0.05) is 31.2 Å². The number of piperazine rings is 1. The van der Waals surface area contributed by atoms with Gasteiger partial charge in [0, 0.05) is 25.6 Å². The van der Waals surface area contributed by atoms with Crippen LogP contribution in [0.15, 0.2) is 24.3 Å². The van der Waals surface area contributed by atoms with Crippen LogP contribution >= 0.6 is 0 Å². The number of nitrogens with one attached hydrogen (secondary N) is 1. The second kappa shape index (κ2) is 4.62. The van der Waals surface area contributed by atoms with Crippen LogP contribution in [0.2, 0.25) is 0 Å². The monoisotopic (exact) mass is 206 g/mol. The first kappa shape index (κ1) is 10.4. The van der Waals surface area contributed by atoms with E-state index in [-0.39, 0.29) is 0 Å². The fourth-order valence-corrected chi connectivity index (χ4v) is 2.44. The minimum atomic E-state index is 0.312. The summed E-state index contributed by atoms with van der Waals surface area (Å²) in [6, 6.07) is 0.312. The van der Waals surface area contributed by atoms with Crippen molar-refractivity contribution in [3.63, 3.8) is 0 Å². The Morgan fingerprint density at radius 2 is 2.20 bits per heavy atom. The van der Waals surface area contributed by atoms with E-state index in [4.69, 9.17) is 0 Å². The van der Waals surface area contributed by atoms with Crippen LogP contribution in [0.3, 0.4) is 0 Å². The molecule has 0 saturated carbocycles. The van der Waals surface area contributed by atoms with Crippen molar-refractivity contribution in [1.29, 1.82) is 0 Å². The van der Waals surface area contributed by atoms with Gasteiger partial charge < -0.3 is 10.2 Å². The number of carbonyl (C=O) groups is 1. The Kier molecular flexibility index (Phi) is 3.21. The maximum Gasteiger partial charge on any atom is 0.210 e. The molecule has 0 aromatic rings. The Bertz CT molecular complexity index is 285. The number of amides is 1. The fraction of sp³-hybridized carbons (Fsp3) is 0.583. The topological polar surface area (TPSA) is 32.3 Å². The molecule has 2 rings (SSSR count). The molecule has 3 heteroatoms. The molecule has 15 heavy (non-hydrogen) atoms. The Morgan fingerprint density at radius 1 is 1.40 bits per heavy atom. The summed E-state index contributed by atoms with van der Waals surface area (Å²) in [6.07, 6.45) is 9.59. The summed E-state index contributed by atoms with van der Waals surface area (Å²) in [5.41, 5.74) is 0. The first-order valence-electron chi connectivity index (χ1n) is 5.59. The summed E-state index contributed by atoms with van der Waals surface area (Å²) in [5.74, 6) is 0.968. The van der Waals surface area contributed by atoms with Gasteiger partial charge in [-0.05, 0) is 5.92 Å². The van der Waals surface area contributed by atoms with E-state index in [0.29, 0.717) is 17.9 Å². The number of allylic oxidation sites excluding steroid dienone is 3. The van der Waals surface area contributed by atoms with Gasteiger partial charge in [-0.15, -0.1) is 0 Å². The van der Waals surface area contributed by atoms with Gasteiger partial charge in [0.15, 0.2) is 0 Å². The molecule has 0 radical (unpaired) electrons. The molecule has 2 aliphatic rings. The van der Waals surface area contributed by atoms with Crippen LogP contribution in [0.1, 0.15) is 6.92 Å². The van der Waals surface area contributed by atoms with E-state index in [1.54, 1.807) is 0 Å². The van der Waals surface area contributed by atoms with Crippen LogP contribution in [-0.2, 0) is 4.79 Å². The van der Waals surface area contributed by atoms with Crippen LogP contribution in [0.25, 0.3) is 0 Å². The maximum absolute atomic E-state index is 11.0. The van der Waals surface area contributed by atoms with Crippen LogP contribution in [0.5, 0.6) is 0 Å². The van der Waals surface area contributed by atoms with E-state index in [9.17, 15) is 4.79 Å². The summed E-state index contributed by atoms with van der Waals surface area (Å²) >= 11 is 0. The molecule has 3 nitrogen and oxygen atoms in total. The zero-order valence-electron chi connectivity index (χ0n) is 9.10. The van der Waals surface area contributed by atoms with Gasteiger partial charge in [0.25, 0.3) is 0 Å². The Hall–Kier alpha value is -1.09. The molecule has 1 fully saturated rings. The zero-order valence-corrected chi connectivity index (χ0v) is 9.10. The van der Waals surface area contributed by atoms with Gasteiger partial charge in [-0.2, -0.15) is 0 Å². The predicted molar refractivity (Wildman–Crippen MR) is 60.4 cm³/mol. The second-order valence-corrected chi connectivity index (χ2v) is 4.32. The highest BCUT2D eigenvalue weighted by Crippen LogP contribution is 2.25. The lowest BCUT2D eigenvalue weighted by molar-refractivity contribution is -0.122. The van der Waals surface area contributed by atoms with Gasteiger partial charge in [0.05, 0.1) is 6.04 Å². The molecule has 1 heterocycles. The number of nitrogens with zero attached hydrogens (tertiary/aromatic N) is 1. The maximum atomic E-state index is 11.0. The molecule has 1 aliphatic carbocycles. The van der Waals surface area contributed by atoms with Gasteiger partial charge >= 0.3 is 0 Å². The number of rotatable bonds is 2. The standard InChI is InChI=1S/C12H18N2O/c1-10-4-2-3-5-11(10)12-8-13-6-7-14(12)9-15/h2-5,9-13H,6-8H2,1H3/t10?,11?,12-/m1/s1. The van der Waals surface area contributed by atoms with E-state index in [0.717, 1.165) is 26.0 Å². The molecule has 0 aromatic carbocycles. The largest absolute Gasteiger partial charge is 0.339 e. The lowest BCUT2D eigenvalue weighted by atomic mass is 9.83. The van der Waals surface area contributed by atoms with Crippen molar-refractivity contribution in [3.05, 3.63) is 24.3 Å². The van der Waals surface area contributed by atoms with E-state index in [2.05, 4.69) is 36.5 Å². The molecular formula is C12H18N2O. The van der Waals surface area contributed by atoms with E-state index >= 15 is 0 Å². The average Bonchev–Trinajstić information content (AvgIpc) is 2.30. The summed E-state index contributed by atoms with van der Waals surface area (Å²) in [7, 11) is 0. The number of hydrogen-bond donors (Lipinski definition) is 1. The lowest BCUT2D eigenvalue weighted by Crippen LogP contribution is -2.54. The van der Waals surface area contributed by atoms with Crippen molar-refractivity contribution >= 4 is 6.41 Å². The number of carbonyl (C=O) groups excluding carboxylic acids is 1. The van der Waals surface area contributed by atoms with Crippen LogP contribution in [-0.4, -0.2) is 37.0 Å². The highest BCUT2D eigenvalue weighted by Gasteiger charge is 2.30. The predicted octanol–water partition coefficient (Wildman–Crippen LogP) is 0.795. The summed E-state index contributed by atoms with van der Waals surface area (Å²) in [5, 5.41) is 3.36. The molecule has 2 unspecified atom stereocenters. The number of hydrogen-bond acceptors (Lipinski definition) is 2. The van der Waals surface area contributed by atoms with E-state index < -0.39 is 0 Å². The van der Waals surface area contributed by atoms with Crippen LogP contribution in [0.4, 0.5) is 0 Å². The van der Waals surface area contributed by atoms with Gasteiger partial charge in [0.1, 0.15) is 0 Å². The SMILES string of the molecule is CC1C=CC=CC1[C@H]1CNCCN1C=O. The van der Waals surface area contributed by atoms with Crippen molar-refractivity contribution in [2.75, 3.05) is 19.6 Å². The molecule has 0 spiro atoms. The summed E-state index contributed by atoms with van der Waals surface area (Å²) in [4.78, 5) is 12.9. The lowest BCUT2D eigenvalue weighted by Gasteiger charge is -2.39.